The number of hydrogen-bond acceptors (Lipinski definition) is 9. The number of Topliss-reactive ketones (excluding diaryl/α,β-unsaturated/α-hetero) is 1. The van der Waals surface area contributed by atoms with E-state index in [0.29, 0.717) is 17.5 Å². The Labute approximate surface area is 243 Å². The van der Waals surface area contributed by atoms with Crippen LogP contribution in [-0.4, -0.2) is 73.6 Å². The molecule has 3 aromatic heterocycles. The minimum atomic E-state index is -5.06. The summed E-state index contributed by atoms with van der Waals surface area (Å²) in [5, 5.41) is 10.7. The van der Waals surface area contributed by atoms with Crippen molar-refractivity contribution in [2.24, 2.45) is 0 Å². The molecule has 1 saturated heterocycles. The van der Waals surface area contributed by atoms with E-state index >= 15 is 0 Å². The molecule has 0 unspecified atom stereocenters. The number of fused-ring (bicyclic) bond motifs is 1. The normalized spacial score (nSPS) is 14.9. The number of hydrogen-bond donors (Lipinski definition) is 3. The minimum absolute atomic E-state index is 0.0908. The van der Waals surface area contributed by atoms with Crippen molar-refractivity contribution in [3.8, 4) is 11.3 Å². The highest BCUT2D eigenvalue weighted by Crippen LogP contribution is 2.30. The SMILES string of the molecule is CC(C)N1CCC(c2nc3cc(-c4ccc(F)cc4F)nc(NCCNc4ccc(C(=O)C(F)(F)F)c(N)n4)n3n2)CC1. The van der Waals surface area contributed by atoms with Gasteiger partial charge in [-0.1, -0.05) is 0 Å². The van der Waals surface area contributed by atoms with Gasteiger partial charge in [-0.2, -0.15) is 17.7 Å². The average molecular weight is 604 g/mol. The van der Waals surface area contributed by atoms with Crippen molar-refractivity contribution in [3.63, 3.8) is 0 Å². The van der Waals surface area contributed by atoms with Crippen molar-refractivity contribution in [2.45, 2.75) is 44.8 Å². The molecule has 4 heterocycles. The lowest BCUT2D eigenvalue weighted by Crippen LogP contribution is -2.38. The second-order valence-electron chi connectivity index (χ2n) is 10.5. The summed E-state index contributed by atoms with van der Waals surface area (Å²) in [5.41, 5.74) is 5.61. The fourth-order valence-electron chi connectivity index (χ4n) is 4.99. The predicted octanol–water partition coefficient (Wildman–Crippen LogP) is 4.90. The molecule has 43 heavy (non-hydrogen) atoms. The van der Waals surface area contributed by atoms with Gasteiger partial charge < -0.3 is 21.3 Å². The highest BCUT2D eigenvalue weighted by molar-refractivity contribution is 6.03. The number of pyridine rings is 1. The fourth-order valence-corrected chi connectivity index (χ4v) is 4.99. The molecule has 0 saturated carbocycles. The Balaban J connectivity index is 1.35. The number of likely N-dealkylation sites (tertiary alicyclic amines) is 1. The van der Waals surface area contributed by atoms with Crippen LogP contribution >= 0.6 is 0 Å². The number of rotatable bonds is 9. The molecule has 0 aliphatic carbocycles. The molecule has 228 valence electrons. The Kier molecular flexibility index (Phi) is 8.44. The van der Waals surface area contributed by atoms with E-state index in [1.807, 2.05) is 0 Å². The number of nitrogen functional groups attached to an aromatic ring is 1. The third-order valence-electron chi connectivity index (χ3n) is 7.31. The molecule has 0 bridgehead atoms. The van der Waals surface area contributed by atoms with E-state index in [1.54, 1.807) is 6.07 Å². The number of nitrogens with one attached hydrogen (secondary N) is 2. The molecule has 1 fully saturated rings. The Morgan fingerprint density at radius 2 is 1.74 bits per heavy atom. The molecule has 0 atom stereocenters. The van der Waals surface area contributed by atoms with Crippen LogP contribution in [0.4, 0.5) is 39.5 Å². The molecule has 15 heteroatoms. The second kappa shape index (κ2) is 12.1. The summed E-state index contributed by atoms with van der Waals surface area (Å²) in [6.07, 6.45) is -3.29. The maximum absolute atomic E-state index is 14.7. The van der Waals surface area contributed by atoms with Crippen LogP contribution in [0.15, 0.2) is 36.4 Å². The van der Waals surface area contributed by atoms with E-state index in [-0.39, 0.29) is 42.0 Å². The number of alkyl halides is 3. The number of piperidine rings is 1. The second-order valence-corrected chi connectivity index (χ2v) is 10.5. The first-order valence-corrected chi connectivity index (χ1v) is 13.7. The van der Waals surface area contributed by atoms with E-state index in [4.69, 9.17) is 15.8 Å². The van der Waals surface area contributed by atoms with Crippen LogP contribution in [0.3, 0.4) is 0 Å². The van der Waals surface area contributed by atoms with Crippen molar-refractivity contribution in [1.29, 1.82) is 0 Å². The van der Waals surface area contributed by atoms with Gasteiger partial charge in [0.25, 0.3) is 5.78 Å². The van der Waals surface area contributed by atoms with E-state index < -0.39 is 35.0 Å². The number of halogens is 5. The molecule has 1 aliphatic heterocycles. The lowest BCUT2D eigenvalue weighted by atomic mass is 9.95. The summed E-state index contributed by atoms with van der Waals surface area (Å²) in [6.45, 7) is 6.60. The van der Waals surface area contributed by atoms with Gasteiger partial charge in [-0.15, -0.1) is 5.10 Å². The summed E-state index contributed by atoms with van der Waals surface area (Å²) in [7, 11) is 0. The summed E-state index contributed by atoms with van der Waals surface area (Å²) >= 11 is 0. The number of anilines is 3. The van der Waals surface area contributed by atoms with Gasteiger partial charge in [0.2, 0.25) is 5.95 Å². The highest BCUT2D eigenvalue weighted by atomic mass is 19.4. The summed E-state index contributed by atoms with van der Waals surface area (Å²) in [4.78, 5) is 27.0. The Morgan fingerprint density at radius 1 is 1.02 bits per heavy atom. The fraction of sp³-hybridized carbons (Fsp3) is 0.393. The van der Waals surface area contributed by atoms with Gasteiger partial charge in [0, 0.05) is 42.7 Å². The molecular weight excluding hydrogens is 573 g/mol. The molecule has 4 N–H and O–H groups in total. The quantitative estimate of drug-likeness (QED) is 0.139. The van der Waals surface area contributed by atoms with E-state index in [2.05, 4.69) is 39.3 Å². The summed E-state index contributed by atoms with van der Waals surface area (Å²) < 4.78 is 68.0. The van der Waals surface area contributed by atoms with Crippen molar-refractivity contribution in [2.75, 3.05) is 42.5 Å². The number of carbonyl (C=O) groups is 1. The molecule has 1 aromatic carbocycles. The number of aromatic nitrogens is 5. The Hall–Kier alpha value is -4.40. The number of carbonyl (C=O) groups excluding carboxylic acids is 1. The van der Waals surface area contributed by atoms with Crippen LogP contribution in [0.25, 0.3) is 16.9 Å². The molecular formula is C28H30F5N9O. The first kappa shape index (κ1) is 30.1. The van der Waals surface area contributed by atoms with Crippen LogP contribution < -0.4 is 16.4 Å². The van der Waals surface area contributed by atoms with Crippen LogP contribution in [0.1, 0.15) is 48.8 Å². The Bertz CT molecular complexity index is 1630. The first-order valence-electron chi connectivity index (χ1n) is 13.7. The monoisotopic (exact) mass is 603 g/mol. The van der Waals surface area contributed by atoms with Crippen LogP contribution in [0.2, 0.25) is 0 Å². The molecule has 1 aliphatic rings. The smallest absolute Gasteiger partial charge is 0.383 e. The predicted molar refractivity (Wildman–Crippen MR) is 151 cm³/mol. The standard InChI is InChI=1S/C28H30F5N9O/c1-15(2)41-11-7-16(8-12-41)26-39-23-14-21(18-4-3-17(29)13-20(18)30)37-27(42(23)40-26)36-10-9-35-22-6-5-19(25(34)38-22)24(43)28(31,32)33/h3-6,13-16H,7-12H2,1-2H3,(H,36,37)(H3,34,35,38). The van der Waals surface area contributed by atoms with Crippen LogP contribution in [0, 0.1) is 11.6 Å². The maximum Gasteiger partial charge on any atom is 0.455 e. The van der Waals surface area contributed by atoms with E-state index in [1.165, 1.54) is 16.6 Å². The van der Waals surface area contributed by atoms with Crippen LogP contribution in [0.5, 0.6) is 0 Å². The van der Waals surface area contributed by atoms with Crippen molar-refractivity contribution < 1.29 is 26.7 Å². The summed E-state index contributed by atoms with van der Waals surface area (Å²) in [6, 6.07) is 7.45. The molecule has 0 radical (unpaired) electrons. The zero-order chi connectivity index (χ0) is 30.9. The van der Waals surface area contributed by atoms with Gasteiger partial charge in [-0.05, 0) is 64.0 Å². The van der Waals surface area contributed by atoms with Gasteiger partial charge in [-0.25, -0.2) is 23.7 Å². The van der Waals surface area contributed by atoms with Gasteiger partial charge in [0.05, 0.1) is 11.3 Å². The summed E-state index contributed by atoms with van der Waals surface area (Å²) in [5.74, 6) is -2.90. The minimum Gasteiger partial charge on any atom is -0.383 e. The maximum atomic E-state index is 14.7. The third-order valence-corrected chi connectivity index (χ3v) is 7.31. The molecule has 10 nitrogen and oxygen atoms in total. The number of nitrogens with zero attached hydrogens (tertiary/aromatic N) is 6. The van der Waals surface area contributed by atoms with Gasteiger partial charge >= 0.3 is 6.18 Å². The highest BCUT2D eigenvalue weighted by Gasteiger charge is 2.40. The van der Waals surface area contributed by atoms with Crippen molar-refractivity contribution >= 4 is 29.0 Å². The lowest BCUT2D eigenvalue weighted by molar-refractivity contribution is -0.0884. The molecule has 5 rings (SSSR count). The largest absolute Gasteiger partial charge is 0.455 e. The van der Waals surface area contributed by atoms with Crippen molar-refractivity contribution in [1.82, 2.24) is 29.5 Å². The first-order chi connectivity index (χ1) is 20.4. The zero-order valence-corrected chi connectivity index (χ0v) is 23.4. The van der Waals surface area contributed by atoms with E-state index in [0.717, 1.165) is 44.1 Å². The van der Waals surface area contributed by atoms with Gasteiger partial charge in [0.15, 0.2) is 11.5 Å². The lowest BCUT2D eigenvalue weighted by Gasteiger charge is -2.33. The van der Waals surface area contributed by atoms with Crippen LogP contribution in [-0.2, 0) is 0 Å². The molecule has 4 aromatic rings. The zero-order valence-electron chi connectivity index (χ0n) is 23.4. The van der Waals surface area contributed by atoms with Crippen molar-refractivity contribution in [3.05, 3.63) is 59.4 Å². The van der Waals surface area contributed by atoms with E-state index in [9.17, 15) is 26.7 Å². The molecule has 0 amide bonds. The van der Waals surface area contributed by atoms with Gasteiger partial charge in [-0.3, -0.25) is 4.79 Å². The number of ketones is 1. The average Bonchev–Trinajstić information content (AvgIpc) is 3.39. The van der Waals surface area contributed by atoms with Gasteiger partial charge in [0.1, 0.15) is 23.3 Å². The topological polar surface area (TPSA) is 126 Å². The molecule has 0 spiro atoms. The Morgan fingerprint density at radius 3 is 2.40 bits per heavy atom. The number of nitrogens with two attached hydrogens (primary N) is 1. The third kappa shape index (κ3) is 6.66. The number of benzene rings is 1.